The molecule has 9 rings (SSSR count). The Bertz CT molecular complexity index is 1800. The normalized spacial score (nSPS) is 10.0. The third-order valence-electron chi connectivity index (χ3n) is 5.22. The van der Waals surface area contributed by atoms with Gasteiger partial charge in [-0.1, -0.05) is 79.6 Å². The first-order chi connectivity index (χ1) is 32.6. The number of nitrogens with one attached hydrogen (secondary N) is 2. The maximum Gasteiger partial charge on any atom is 0.223 e. The molecule has 8 aromatic heterocycles. The van der Waals surface area contributed by atoms with Crippen LogP contribution >= 0.6 is 23.1 Å². The molecule has 0 fully saturated rings. The van der Waals surface area contributed by atoms with Crippen LogP contribution < -0.4 is 0 Å². The number of nitrogens with zero attached hydrogens (tertiary/aromatic N) is 21. The van der Waals surface area contributed by atoms with Crippen LogP contribution in [0.3, 0.4) is 0 Å². The van der Waals surface area contributed by atoms with Gasteiger partial charge in [0.05, 0.1) is 0 Å². The molecule has 0 saturated carbocycles. The van der Waals surface area contributed by atoms with Gasteiger partial charge in [0, 0.05) is 27.9 Å². The van der Waals surface area contributed by atoms with Gasteiger partial charge < -0.3 is 13.6 Å². The Morgan fingerprint density at radius 2 is 0.956 bits per heavy atom. The molecule has 2 N–H and O–H groups in total. The highest BCUT2D eigenvalue weighted by atomic mass is 32.1. The van der Waals surface area contributed by atoms with Crippen molar-refractivity contribution in [3.63, 3.8) is 0 Å². The Hall–Kier alpha value is -6.77. The van der Waals surface area contributed by atoms with E-state index in [9.17, 15) is 0 Å². The van der Waals surface area contributed by atoms with Gasteiger partial charge in [-0.2, -0.15) is 39.1 Å². The van der Waals surface area contributed by atoms with Crippen molar-refractivity contribution in [3.8, 4) is 0 Å². The maximum absolute atomic E-state index is 4.60. The fourth-order valence-electron chi connectivity index (χ4n) is 2.94. The van der Waals surface area contributed by atoms with Crippen LogP contribution in [0.5, 0.6) is 0 Å². The predicted octanol–water partition coefficient (Wildman–Crippen LogP) is 9.50. The second kappa shape index (κ2) is 51.2. The molecule has 1 aliphatic rings. The molecule has 25 nitrogen and oxygen atoms in total. The Balaban J connectivity index is -0.000000214. The van der Waals surface area contributed by atoms with Crippen LogP contribution in [0, 0.1) is 69.2 Å². The van der Waals surface area contributed by atoms with Crippen LogP contribution in [0.4, 0.5) is 0 Å². The summed E-state index contributed by atoms with van der Waals surface area (Å²) in [4.78, 5) is 30.7. The molecule has 0 amide bonds. The standard InChI is InChI=1S/2C4H6N2O.2C4H6N2S.5C3H5N3.5C2H6/c4*1-3-5-4(2)7-6-3;1-6-2-4-5-3-6;1-6-3-4-2-5-6;3*1-3-4-2-5-6-3;5*1-2/h4*1-2H3;2*2-3H,1H3;2*2H,1H3,(H,4,5,6);2-3H,1H3;5*1-2H3. The second-order valence-corrected chi connectivity index (χ2v) is 12.8. The van der Waals surface area contributed by atoms with E-state index in [1.54, 1.807) is 55.9 Å². The topological polar surface area (TPSA) is 311 Å². The lowest BCUT2D eigenvalue weighted by molar-refractivity contribution is 0.389. The van der Waals surface area contributed by atoms with Gasteiger partial charge >= 0.3 is 0 Å². The minimum atomic E-state index is 0.0741. The van der Waals surface area contributed by atoms with Gasteiger partial charge in [-0.3, -0.25) is 14.9 Å². The van der Waals surface area contributed by atoms with E-state index in [0.29, 0.717) is 23.4 Å². The molecule has 0 saturated heterocycles. The van der Waals surface area contributed by atoms with Gasteiger partial charge in [0.15, 0.2) is 17.8 Å². The lowest BCUT2D eigenvalue weighted by Crippen LogP contribution is -1.83. The Kier molecular flexibility index (Phi) is 52.9. The first kappa shape index (κ1) is 70.3. The monoisotopic (exact) mass is 990 g/mol. The number of aliphatic imine (C=N–C) groups is 1. The lowest BCUT2D eigenvalue weighted by atomic mass is 10.6. The molecule has 1 unspecified atom stereocenters. The van der Waals surface area contributed by atoms with Gasteiger partial charge in [-0.15, -0.1) is 15.3 Å². The summed E-state index contributed by atoms with van der Waals surface area (Å²) in [6, 6.07) is 0. The molecule has 0 radical (unpaired) electrons. The van der Waals surface area contributed by atoms with Gasteiger partial charge in [0.25, 0.3) is 0 Å². The van der Waals surface area contributed by atoms with E-state index in [1.807, 2.05) is 132 Å². The highest BCUT2D eigenvalue weighted by Gasteiger charge is 1.94. The van der Waals surface area contributed by atoms with Crippen LogP contribution in [0.15, 0.2) is 62.2 Å². The van der Waals surface area contributed by atoms with E-state index < -0.39 is 0 Å². The summed E-state index contributed by atoms with van der Waals surface area (Å²) >= 11 is 2.89. The zero-order valence-electron chi connectivity index (χ0n) is 44.6. The van der Waals surface area contributed by atoms with Crippen molar-refractivity contribution in [2.75, 3.05) is 0 Å². The fraction of sp³-hybridized carbons (Fsp3) is 0.585. The van der Waals surface area contributed by atoms with Crippen molar-refractivity contribution in [1.82, 2.24) is 98.9 Å². The zero-order chi connectivity index (χ0) is 53.1. The summed E-state index contributed by atoms with van der Waals surface area (Å²) in [7, 11) is 3.70. The molecule has 1 aliphatic heterocycles. The second-order valence-electron chi connectivity index (χ2n) is 10.9. The Morgan fingerprint density at radius 1 is 0.544 bits per heavy atom. The maximum atomic E-state index is 4.60. The van der Waals surface area contributed by atoms with Gasteiger partial charge in [0.2, 0.25) is 11.8 Å². The average Bonchev–Trinajstić information content (AvgIpc) is 4.18. The van der Waals surface area contributed by atoms with E-state index >= 15 is 0 Å². The molecule has 0 aromatic carbocycles. The Labute approximate surface area is 411 Å². The van der Waals surface area contributed by atoms with Gasteiger partial charge in [-0.25, -0.2) is 29.9 Å². The van der Waals surface area contributed by atoms with Gasteiger partial charge in [0.1, 0.15) is 77.6 Å². The third-order valence-corrected chi connectivity index (χ3v) is 6.65. The number of aryl methyl sites for hydroxylation is 12. The van der Waals surface area contributed by atoms with Crippen molar-refractivity contribution < 1.29 is 9.05 Å². The van der Waals surface area contributed by atoms with Crippen molar-refractivity contribution >= 4 is 29.4 Å². The highest BCUT2D eigenvalue weighted by Crippen LogP contribution is 1.99. The van der Waals surface area contributed by atoms with E-state index in [-0.39, 0.29) is 6.17 Å². The zero-order valence-corrected chi connectivity index (χ0v) is 46.3. The van der Waals surface area contributed by atoms with Gasteiger partial charge in [-0.05, 0) is 85.4 Å². The van der Waals surface area contributed by atoms with Crippen LogP contribution in [-0.2, 0) is 14.1 Å². The van der Waals surface area contributed by atoms with E-state index in [4.69, 9.17) is 0 Å². The summed E-state index contributed by atoms with van der Waals surface area (Å²) in [6.45, 7) is 40.4. The molecule has 9 heterocycles. The highest BCUT2D eigenvalue weighted by molar-refractivity contribution is 7.05. The SMILES string of the molecule is CC.CC.CC.CC.CC.CC1N=CN=N1.Cc1ncn[nH]1.Cc1ncn[nH]1.Cc1noc(C)n1.Cc1noc(C)n1.Cc1nsc(C)n1.Cc1nsc(C)n1.Cn1cncn1.Cn1cnnc1. The number of aromatic nitrogens is 20. The van der Waals surface area contributed by atoms with Crippen molar-refractivity contribution in [2.24, 2.45) is 29.3 Å². The van der Waals surface area contributed by atoms with Crippen LogP contribution in [-0.4, -0.2) is 111 Å². The first-order valence-corrected chi connectivity index (χ1v) is 23.4. The number of azo groups is 1. The Morgan fingerprint density at radius 3 is 1.04 bits per heavy atom. The molecular weight excluding hydrogens is 911 g/mol. The summed E-state index contributed by atoms with van der Waals surface area (Å²) < 4.78 is 20.5. The first-order valence-electron chi connectivity index (χ1n) is 21.8. The molecule has 8 aromatic rings. The molecule has 382 valence electrons. The molecule has 68 heavy (non-hydrogen) atoms. The third kappa shape index (κ3) is 48.7. The minimum absolute atomic E-state index is 0.0741. The molecule has 0 spiro atoms. The van der Waals surface area contributed by atoms with E-state index in [2.05, 4.69) is 114 Å². The molecule has 27 heteroatoms. The van der Waals surface area contributed by atoms with Crippen molar-refractivity contribution in [2.45, 2.75) is 152 Å². The molecule has 1 atom stereocenters. The van der Waals surface area contributed by atoms with Crippen molar-refractivity contribution in [3.05, 3.63) is 94.7 Å². The smallest absolute Gasteiger partial charge is 0.223 e. The summed E-state index contributed by atoms with van der Waals surface area (Å²) in [5.74, 6) is 6.10. The predicted molar refractivity (Wildman–Crippen MR) is 270 cm³/mol. The number of hydrogen-bond acceptors (Lipinski definition) is 23. The lowest BCUT2D eigenvalue weighted by Gasteiger charge is -1.80. The number of aromatic amines is 2. The quantitative estimate of drug-likeness (QED) is 0.143. The largest absolute Gasteiger partial charge is 0.340 e. The van der Waals surface area contributed by atoms with Crippen LogP contribution in [0.1, 0.15) is 133 Å². The number of H-pyrrole nitrogens is 2. The molecule has 0 bridgehead atoms. The summed E-state index contributed by atoms with van der Waals surface area (Å²) in [5, 5.41) is 39.5. The van der Waals surface area contributed by atoms with Crippen molar-refractivity contribution in [1.29, 1.82) is 0 Å². The van der Waals surface area contributed by atoms with Crippen LogP contribution in [0.25, 0.3) is 0 Å². The molecular formula is C41H79N23O2S2. The summed E-state index contributed by atoms with van der Waals surface area (Å²) in [5.41, 5.74) is 0. The molecule has 0 aliphatic carbocycles. The minimum Gasteiger partial charge on any atom is -0.340 e. The van der Waals surface area contributed by atoms with E-state index in [1.165, 1.54) is 48.4 Å². The average molecular weight is 990 g/mol. The van der Waals surface area contributed by atoms with Crippen LogP contribution in [0.2, 0.25) is 0 Å². The fourth-order valence-corrected chi connectivity index (χ4v) is 3.89. The number of hydrogen-bond donors (Lipinski definition) is 2. The summed E-state index contributed by atoms with van der Waals surface area (Å²) in [6.07, 6.45) is 10.9. The number of rotatable bonds is 0. The van der Waals surface area contributed by atoms with E-state index in [0.717, 1.165) is 33.3 Å².